The summed E-state index contributed by atoms with van der Waals surface area (Å²) in [5.41, 5.74) is 0. The molecule has 1 aliphatic heterocycles. The highest BCUT2D eigenvalue weighted by atomic mass is 35.7. The van der Waals surface area contributed by atoms with Gasteiger partial charge in [-0.3, -0.25) is 0 Å². The maximum Gasteiger partial charge on any atom is 0.300 e. The fourth-order valence-electron chi connectivity index (χ4n) is 2.63. The van der Waals surface area contributed by atoms with E-state index in [0.29, 0.717) is 12.5 Å². The van der Waals surface area contributed by atoms with Gasteiger partial charge in [-0.2, -0.15) is 12.7 Å². The molecule has 13 heavy (non-hydrogen) atoms. The van der Waals surface area contributed by atoms with Gasteiger partial charge in [0, 0.05) is 23.3 Å². The SMILES string of the molecule is O=S(=O)(Cl)N1CC[C@H]2CCCC[C@H]21. The van der Waals surface area contributed by atoms with Crippen LogP contribution in [0, 0.1) is 5.92 Å². The standard InChI is InChI=1S/C8H14ClNO2S/c9-13(11,12)10-6-5-7-3-1-2-4-8(7)10/h7-8H,1-6H2/t7-,8-/m1/s1. The Morgan fingerprint density at radius 3 is 2.54 bits per heavy atom. The molecule has 0 aromatic rings. The summed E-state index contributed by atoms with van der Waals surface area (Å²) < 4.78 is 23.8. The second-order valence-electron chi connectivity index (χ2n) is 3.95. The van der Waals surface area contributed by atoms with Crippen LogP contribution in [-0.2, 0) is 9.24 Å². The van der Waals surface area contributed by atoms with Gasteiger partial charge in [-0.1, -0.05) is 12.8 Å². The van der Waals surface area contributed by atoms with Crippen LogP contribution in [0.5, 0.6) is 0 Å². The van der Waals surface area contributed by atoms with Gasteiger partial charge < -0.3 is 0 Å². The van der Waals surface area contributed by atoms with Gasteiger partial charge in [-0.25, -0.2) is 0 Å². The number of halogens is 1. The van der Waals surface area contributed by atoms with E-state index in [4.69, 9.17) is 10.7 Å². The van der Waals surface area contributed by atoms with Gasteiger partial charge >= 0.3 is 0 Å². The van der Waals surface area contributed by atoms with Crippen LogP contribution in [-0.4, -0.2) is 25.3 Å². The molecule has 0 spiro atoms. The van der Waals surface area contributed by atoms with Crippen molar-refractivity contribution in [1.29, 1.82) is 0 Å². The molecular formula is C8H14ClNO2S. The fourth-order valence-corrected chi connectivity index (χ4v) is 4.07. The van der Waals surface area contributed by atoms with Crippen molar-refractivity contribution in [1.82, 2.24) is 4.31 Å². The Balaban J connectivity index is 2.16. The van der Waals surface area contributed by atoms with Crippen molar-refractivity contribution in [2.24, 2.45) is 5.92 Å². The smallest absolute Gasteiger partial charge is 0.195 e. The quantitative estimate of drug-likeness (QED) is 0.635. The van der Waals surface area contributed by atoms with E-state index in [9.17, 15) is 8.42 Å². The normalized spacial score (nSPS) is 36.1. The summed E-state index contributed by atoms with van der Waals surface area (Å²) in [7, 11) is 1.89. The van der Waals surface area contributed by atoms with Gasteiger partial charge in [-0.15, -0.1) is 0 Å². The Morgan fingerprint density at radius 2 is 1.85 bits per heavy atom. The van der Waals surface area contributed by atoms with Gasteiger partial charge in [0.15, 0.2) is 0 Å². The average Bonchev–Trinajstić information content (AvgIpc) is 2.45. The van der Waals surface area contributed by atoms with E-state index >= 15 is 0 Å². The Bertz CT molecular complexity index is 291. The Hall–Kier alpha value is 0.200. The van der Waals surface area contributed by atoms with E-state index in [1.54, 1.807) is 0 Å². The van der Waals surface area contributed by atoms with Crippen LogP contribution >= 0.6 is 10.7 Å². The lowest BCUT2D eigenvalue weighted by atomic mass is 9.86. The Morgan fingerprint density at radius 1 is 1.15 bits per heavy atom. The molecule has 2 fully saturated rings. The molecule has 0 unspecified atom stereocenters. The maximum absolute atomic E-state index is 11.2. The van der Waals surface area contributed by atoms with E-state index in [1.165, 1.54) is 17.1 Å². The maximum atomic E-state index is 11.2. The second-order valence-corrected chi connectivity index (χ2v) is 6.42. The summed E-state index contributed by atoms with van der Waals surface area (Å²) in [4.78, 5) is 0. The summed E-state index contributed by atoms with van der Waals surface area (Å²) in [5.74, 6) is 0.572. The predicted octanol–water partition coefficient (Wildman–Crippen LogP) is 1.73. The van der Waals surface area contributed by atoms with Crippen molar-refractivity contribution in [3.05, 3.63) is 0 Å². The van der Waals surface area contributed by atoms with Crippen molar-refractivity contribution in [3.8, 4) is 0 Å². The van der Waals surface area contributed by atoms with Gasteiger partial charge in [0.1, 0.15) is 0 Å². The molecule has 1 saturated carbocycles. The minimum atomic E-state index is -3.47. The van der Waals surface area contributed by atoms with Crippen LogP contribution in [0.4, 0.5) is 0 Å². The van der Waals surface area contributed by atoms with Gasteiger partial charge in [0.05, 0.1) is 0 Å². The number of hydrogen-bond acceptors (Lipinski definition) is 2. The molecule has 0 radical (unpaired) electrons. The third kappa shape index (κ3) is 1.85. The van der Waals surface area contributed by atoms with E-state index in [2.05, 4.69) is 0 Å². The molecule has 76 valence electrons. The van der Waals surface area contributed by atoms with Gasteiger partial charge in [-0.05, 0) is 25.2 Å². The van der Waals surface area contributed by atoms with Crippen LogP contribution in [0.15, 0.2) is 0 Å². The molecule has 2 atom stereocenters. The number of rotatable bonds is 1. The zero-order chi connectivity index (χ0) is 9.47. The summed E-state index contributed by atoms with van der Waals surface area (Å²) in [6, 6.07) is 0.205. The first-order chi connectivity index (χ1) is 6.09. The van der Waals surface area contributed by atoms with Crippen LogP contribution in [0.1, 0.15) is 32.1 Å². The van der Waals surface area contributed by atoms with Crippen molar-refractivity contribution < 1.29 is 8.42 Å². The van der Waals surface area contributed by atoms with E-state index in [-0.39, 0.29) is 6.04 Å². The molecule has 0 aromatic carbocycles. The number of fused-ring (bicyclic) bond motifs is 1. The van der Waals surface area contributed by atoms with E-state index < -0.39 is 9.24 Å². The minimum Gasteiger partial charge on any atom is -0.195 e. The summed E-state index contributed by atoms with van der Waals surface area (Å²) in [5, 5.41) is 0. The minimum absolute atomic E-state index is 0.205. The zero-order valence-corrected chi connectivity index (χ0v) is 9.02. The topological polar surface area (TPSA) is 37.4 Å². The Labute approximate surface area is 83.6 Å². The summed E-state index contributed by atoms with van der Waals surface area (Å²) in [6.07, 6.45) is 5.56. The monoisotopic (exact) mass is 223 g/mol. The molecule has 1 aliphatic carbocycles. The predicted molar refractivity (Wildman–Crippen MR) is 51.8 cm³/mol. The van der Waals surface area contributed by atoms with Crippen molar-refractivity contribution >= 4 is 19.9 Å². The lowest BCUT2D eigenvalue weighted by Gasteiger charge is -2.29. The lowest BCUT2D eigenvalue weighted by Crippen LogP contribution is -2.36. The molecule has 5 heteroatoms. The third-order valence-corrected chi connectivity index (χ3v) is 4.78. The summed E-state index contributed by atoms with van der Waals surface area (Å²) >= 11 is 0. The molecule has 2 aliphatic rings. The third-order valence-electron chi connectivity index (χ3n) is 3.24. The Kier molecular flexibility index (Phi) is 2.55. The molecule has 3 nitrogen and oxygen atoms in total. The molecule has 0 N–H and O–H groups in total. The molecule has 1 heterocycles. The van der Waals surface area contributed by atoms with E-state index in [1.807, 2.05) is 0 Å². The van der Waals surface area contributed by atoms with Gasteiger partial charge in [0.2, 0.25) is 0 Å². The van der Waals surface area contributed by atoms with Gasteiger partial charge in [0.25, 0.3) is 9.24 Å². The molecule has 0 aromatic heterocycles. The van der Waals surface area contributed by atoms with Crippen LogP contribution < -0.4 is 0 Å². The van der Waals surface area contributed by atoms with Crippen molar-refractivity contribution in [2.45, 2.75) is 38.1 Å². The fraction of sp³-hybridized carbons (Fsp3) is 1.00. The summed E-state index contributed by atoms with van der Waals surface area (Å²) in [6.45, 7) is 0.626. The molecule has 2 rings (SSSR count). The molecule has 0 amide bonds. The number of nitrogens with zero attached hydrogens (tertiary/aromatic N) is 1. The van der Waals surface area contributed by atoms with E-state index in [0.717, 1.165) is 19.3 Å². The lowest BCUT2D eigenvalue weighted by molar-refractivity contribution is 0.263. The number of hydrogen-bond donors (Lipinski definition) is 0. The first-order valence-corrected chi connectivity index (χ1v) is 7.07. The zero-order valence-electron chi connectivity index (χ0n) is 7.45. The molecular weight excluding hydrogens is 210 g/mol. The van der Waals surface area contributed by atoms with Crippen LogP contribution in [0.3, 0.4) is 0 Å². The van der Waals surface area contributed by atoms with Crippen molar-refractivity contribution in [2.75, 3.05) is 6.54 Å². The molecule has 0 bridgehead atoms. The largest absolute Gasteiger partial charge is 0.300 e. The molecule has 1 saturated heterocycles. The first-order valence-electron chi connectivity index (χ1n) is 4.80. The highest BCUT2D eigenvalue weighted by Crippen LogP contribution is 2.38. The van der Waals surface area contributed by atoms with Crippen LogP contribution in [0.2, 0.25) is 0 Å². The average molecular weight is 224 g/mol. The second kappa shape index (κ2) is 3.41. The first kappa shape index (κ1) is 9.74. The van der Waals surface area contributed by atoms with Crippen molar-refractivity contribution in [3.63, 3.8) is 0 Å². The highest BCUT2D eigenvalue weighted by molar-refractivity contribution is 8.11. The highest BCUT2D eigenvalue weighted by Gasteiger charge is 2.40. The van der Waals surface area contributed by atoms with Crippen LogP contribution in [0.25, 0.3) is 0 Å².